The fraction of sp³-hybridized carbons (Fsp3) is 0. The number of hydrogen-bond acceptors (Lipinski definition) is 2. The molecule has 2 heteroatoms. The maximum Gasteiger partial charge on any atom is 0.0462 e. The minimum atomic E-state index is 1.10. The van der Waals surface area contributed by atoms with E-state index in [9.17, 15) is 0 Å². The lowest BCUT2D eigenvalue weighted by atomic mass is 9.98. The molecule has 0 bridgehead atoms. The molecular weight excluding hydrogens is 773 g/mol. The maximum atomic E-state index is 2.32. The van der Waals surface area contributed by atoms with Gasteiger partial charge in [0.25, 0.3) is 0 Å². The Morgan fingerprint density at radius 2 is 0.422 bits per heavy atom. The fourth-order valence-electron chi connectivity index (χ4n) is 8.88. The average Bonchev–Trinajstić information content (AvgIpc) is 3.38. The molecule has 11 aromatic rings. The van der Waals surface area contributed by atoms with Gasteiger partial charge < -0.3 is 9.80 Å². The molecule has 0 aliphatic carbocycles. The molecule has 0 saturated heterocycles. The van der Waals surface area contributed by atoms with Gasteiger partial charge in [0.05, 0.1) is 0 Å². The molecule has 0 aliphatic heterocycles. The van der Waals surface area contributed by atoms with E-state index in [1.54, 1.807) is 0 Å². The highest BCUT2D eigenvalue weighted by molar-refractivity contribution is 5.90. The molecule has 0 aliphatic rings. The third-order valence-electron chi connectivity index (χ3n) is 12.2. The fourth-order valence-corrected chi connectivity index (χ4v) is 8.88. The lowest BCUT2D eigenvalue weighted by Gasteiger charge is -2.26. The Kier molecular flexibility index (Phi) is 10.3. The summed E-state index contributed by atoms with van der Waals surface area (Å²) >= 11 is 0. The molecule has 0 amide bonds. The predicted octanol–water partition coefficient (Wildman–Crippen LogP) is 17.6. The minimum absolute atomic E-state index is 1.10. The largest absolute Gasteiger partial charge is 0.311 e. The molecule has 11 rings (SSSR count). The molecule has 0 fully saturated rings. The zero-order valence-corrected chi connectivity index (χ0v) is 35.3. The second-order valence-electron chi connectivity index (χ2n) is 16.2. The highest BCUT2D eigenvalue weighted by Crippen LogP contribution is 2.39. The van der Waals surface area contributed by atoms with E-state index in [0.717, 1.165) is 34.1 Å². The van der Waals surface area contributed by atoms with Crippen LogP contribution >= 0.6 is 0 Å². The Bertz CT molecular complexity index is 3120. The summed E-state index contributed by atoms with van der Waals surface area (Å²) in [5.74, 6) is 0. The van der Waals surface area contributed by atoms with Crippen LogP contribution in [0.5, 0.6) is 0 Å². The summed E-state index contributed by atoms with van der Waals surface area (Å²) in [6.07, 6.45) is 0. The Morgan fingerprint density at radius 3 is 0.766 bits per heavy atom. The standard InChI is InChI=1S/C62H44N2/c1-3-18-57(19-4-1)63(61-38-30-49(31-39-61)55-24-22-45-12-7-9-14-51(45)43-55)59-34-26-47(27-35-59)53-16-11-17-54(42-53)48-28-36-60(37-29-48)64(58-20-5-2-6-21-58)62-40-32-50(33-41-62)56-25-23-46-13-8-10-15-52(46)44-56/h1-44H. The third kappa shape index (κ3) is 7.81. The first-order chi connectivity index (χ1) is 31.7. The van der Waals surface area contributed by atoms with Crippen molar-refractivity contribution in [2.75, 3.05) is 9.80 Å². The van der Waals surface area contributed by atoms with Gasteiger partial charge in [0.2, 0.25) is 0 Å². The number of hydrogen-bond donors (Lipinski definition) is 0. The molecule has 0 heterocycles. The lowest BCUT2D eigenvalue weighted by molar-refractivity contribution is 1.28. The van der Waals surface area contributed by atoms with E-state index in [1.807, 2.05) is 0 Å². The molecule has 0 saturated carbocycles. The molecule has 0 spiro atoms. The van der Waals surface area contributed by atoms with Gasteiger partial charge in [-0.1, -0.05) is 176 Å². The Hall–Kier alpha value is -8.46. The van der Waals surface area contributed by atoms with Gasteiger partial charge in [0, 0.05) is 34.1 Å². The molecule has 302 valence electrons. The van der Waals surface area contributed by atoms with Crippen LogP contribution in [0.25, 0.3) is 66.1 Å². The van der Waals surface area contributed by atoms with E-state index < -0.39 is 0 Å². The lowest BCUT2D eigenvalue weighted by Crippen LogP contribution is -2.09. The first kappa shape index (κ1) is 38.5. The topological polar surface area (TPSA) is 6.48 Å². The highest BCUT2D eigenvalue weighted by Gasteiger charge is 2.15. The van der Waals surface area contributed by atoms with Crippen LogP contribution in [0, 0.1) is 0 Å². The number of nitrogens with zero attached hydrogens (tertiary/aromatic N) is 2. The molecule has 0 N–H and O–H groups in total. The molecule has 64 heavy (non-hydrogen) atoms. The minimum Gasteiger partial charge on any atom is -0.311 e. The molecule has 0 unspecified atom stereocenters. The summed E-state index contributed by atoms with van der Waals surface area (Å²) in [6, 6.07) is 96.2. The molecule has 0 atom stereocenters. The monoisotopic (exact) mass is 816 g/mol. The van der Waals surface area contributed by atoms with Gasteiger partial charge in [-0.05, 0) is 157 Å². The van der Waals surface area contributed by atoms with E-state index in [2.05, 4.69) is 277 Å². The van der Waals surface area contributed by atoms with E-state index in [1.165, 1.54) is 66.1 Å². The normalized spacial score (nSPS) is 11.1. The van der Waals surface area contributed by atoms with E-state index in [4.69, 9.17) is 0 Å². The van der Waals surface area contributed by atoms with Crippen molar-refractivity contribution in [2.45, 2.75) is 0 Å². The molecule has 0 aromatic heterocycles. The molecular formula is C62H44N2. The van der Waals surface area contributed by atoms with Gasteiger partial charge >= 0.3 is 0 Å². The number of rotatable bonds is 10. The number of para-hydroxylation sites is 2. The zero-order chi connectivity index (χ0) is 42.7. The van der Waals surface area contributed by atoms with E-state index in [0.29, 0.717) is 0 Å². The number of anilines is 6. The summed E-state index contributed by atoms with van der Waals surface area (Å²) in [7, 11) is 0. The summed E-state index contributed by atoms with van der Waals surface area (Å²) in [4.78, 5) is 4.65. The molecule has 11 aromatic carbocycles. The highest BCUT2D eigenvalue weighted by atomic mass is 15.1. The van der Waals surface area contributed by atoms with Crippen molar-refractivity contribution in [3.63, 3.8) is 0 Å². The van der Waals surface area contributed by atoms with Crippen molar-refractivity contribution in [1.82, 2.24) is 0 Å². The van der Waals surface area contributed by atoms with Gasteiger partial charge in [0.15, 0.2) is 0 Å². The second kappa shape index (κ2) is 17.1. The van der Waals surface area contributed by atoms with E-state index >= 15 is 0 Å². The Labute approximate surface area is 375 Å². The summed E-state index contributed by atoms with van der Waals surface area (Å²) in [5, 5.41) is 5.01. The van der Waals surface area contributed by atoms with E-state index in [-0.39, 0.29) is 0 Å². The Balaban J connectivity index is 0.849. The number of fused-ring (bicyclic) bond motifs is 2. The van der Waals surface area contributed by atoms with Gasteiger partial charge in [-0.3, -0.25) is 0 Å². The van der Waals surface area contributed by atoms with Crippen molar-refractivity contribution >= 4 is 55.7 Å². The van der Waals surface area contributed by atoms with Crippen molar-refractivity contribution in [3.05, 3.63) is 267 Å². The first-order valence-corrected chi connectivity index (χ1v) is 21.9. The average molecular weight is 817 g/mol. The Morgan fingerprint density at radius 1 is 0.156 bits per heavy atom. The van der Waals surface area contributed by atoms with Crippen LogP contribution in [-0.2, 0) is 0 Å². The van der Waals surface area contributed by atoms with Crippen LogP contribution in [0.1, 0.15) is 0 Å². The van der Waals surface area contributed by atoms with Crippen molar-refractivity contribution < 1.29 is 0 Å². The summed E-state index contributed by atoms with van der Waals surface area (Å²) in [6.45, 7) is 0. The van der Waals surface area contributed by atoms with Crippen molar-refractivity contribution in [3.8, 4) is 44.5 Å². The molecule has 2 nitrogen and oxygen atoms in total. The second-order valence-corrected chi connectivity index (χ2v) is 16.2. The van der Waals surface area contributed by atoms with Gasteiger partial charge in [-0.2, -0.15) is 0 Å². The van der Waals surface area contributed by atoms with Crippen molar-refractivity contribution in [2.24, 2.45) is 0 Å². The smallest absolute Gasteiger partial charge is 0.0462 e. The number of benzene rings is 11. The summed E-state index contributed by atoms with van der Waals surface area (Å²) < 4.78 is 0. The van der Waals surface area contributed by atoms with Crippen molar-refractivity contribution in [1.29, 1.82) is 0 Å². The SMILES string of the molecule is c1ccc(N(c2ccc(-c3cccc(-c4ccc(N(c5ccccc5)c5ccc(-c6ccc7ccccc7c6)cc5)cc4)c3)cc2)c2ccc(-c3ccc4ccccc4c3)cc2)cc1. The summed E-state index contributed by atoms with van der Waals surface area (Å²) in [5.41, 5.74) is 16.2. The van der Waals surface area contributed by atoms with Crippen LogP contribution in [0.4, 0.5) is 34.1 Å². The third-order valence-corrected chi connectivity index (χ3v) is 12.2. The van der Waals surface area contributed by atoms with Crippen LogP contribution < -0.4 is 9.80 Å². The van der Waals surface area contributed by atoms with Crippen LogP contribution in [-0.4, -0.2) is 0 Å². The first-order valence-electron chi connectivity index (χ1n) is 21.9. The maximum absolute atomic E-state index is 2.32. The predicted molar refractivity (Wildman–Crippen MR) is 273 cm³/mol. The van der Waals surface area contributed by atoms with Crippen LogP contribution in [0.2, 0.25) is 0 Å². The molecule has 0 radical (unpaired) electrons. The van der Waals surface area contributed by atoms with Gasteiger partial charge in [-0.15, -0.1) is 0 Å². The van der Waals surface area contributed by atoms with Crippen LogP contribution in [0.3, 0.4) is 0 Å². The quantitative estimate of drug-likeness (QED) is 0.136. The zero-order valence-electron chi connectivity index (χ0n) is 35.3. The van der Waals surface area contributed by atoms with Gasteiger partial charge in [0.1, 0.15) is 0 Å². The van der Waals surface area contributed by atoms with Crippen LogP contribution in [0.15, 0.2) is 267 Å². The van der Waals surface area contributed by atoms with Gasteiger partial charge in [-0.25, -0.2) is 0 Å².